The third kappa shape index (κ3) is 3.52. The van der Waals surface area contributed by atoms with E-state index >= 15 is 0 Å². The summed E-state index contributed by atoms with van der Waals surface area (Å²) in [6, 6.07) is 5.81. The summed E-state index contributed by atoms with van der Waals surface area (Å²) >= 11 is 0. The molecule has 0 amide bonds. The number of aliphatic carboxylic acids is 1. The van der Waals surface area contributed by atoms with Crippen molar-refractivity contribution in [3.05, 3.63) is 29.8 Å². The van der Waals surface area contributed by atoms with Crippen molar-refractivity contribution in [1.29, 1.82) is 0 Å². The van der Waals surface area contributed by atoms with Crippen LogP contribution < -0.4 is 9.47 Å². The fourth-order valence-electron chi connectivity index (χ4n) is 1.77. The van der Waals surface area contributed by atoms with E-state index in [0.29, 0.717) is 0 Å². The zero-order valence-electron chi connectivity index (χ0n) is 10.1. The molecule has 4 heteroatoms. The van der Waals surface area contributed by atoms with E-state index in [-0.39, 0.29) is 13.2 Å². The maximum atomic E-state index is 10.3. The molecule has 1 aromatic carbocycles. The second-order valence-corrected chi connectivity index (χ2v) is 4.15. The molecule has 1 aliphatic heterocycles. The largest absolute Gasteiger partial charge is 0.481 e. The summed E-state index contributed by atoms with van der Waals surface area (Å²) in [6.45, 7) is 0.289. The molecule has 1 aromatic rings. The monoisotopic (exact) mass is 248 g/mol. The van der Waals surface area contributed by atoms with E-state index < -0.39 is 5.97 Å². The minimum absolute atomic E-state index is 0.248. The topological polar surface area (TPSA) is 55.8 Å². The van der Waals surface area contributed by atoms with E-state index in [1.54, 1.807) is 0 Å². The summed E-state index contributed by atoms with van der Waals surface area (Å²) in [6.07, 6.45) is 6.83. The van der Waals surface area contributed by atoms with Crippen LogP contribution in [0.1, 0.15) is 31.2 Å². The Morgan fingerprint density at radius 2 is 2.11 bits per heavy atom. The van der Waals surface area contributed by atoms with Gasteiger partial charge < -0.3 is 14.6 Å². The maximum Gasteiger partial charge on any atom is 0.303 e. The van der Waals surface area contributed by atoms with Crippen molar-refractivity contribution in [1.82, 2.24) is 0 Å². The summed E-state index contributed by atoms with van der Waals surface area (Å²) in [5.41, 5.74) is 1.07. The van der Waals surface area contributed by atoms with Gasteiger partial charge in [-0.2, -0.15) is 0 Å². The summed E-state index contributed by atoms with van der Waals surface area (Å²) in [5, 5.41) is 8.49. The highest BCUT2D eigenvalue weighted by molar-refractivity contribution is 5.66. The SMILES string of the molecule is O=C(O)CCCC/C=C/c1ccc2c(c1)OCO2. The Bertz CT molecular complexity index is 451. The van der Waals surface area contributed by atoms with Crippen LogP contribution >= 0.6 is 0 Å². The third-order valence-electron chi connectivity index (χ3n) is 2.72. The number of carbonyl (C=O) groups is 1. The molecule has 0 aliphatic carbocycles. The van der Waals surface area contributed by atoms with E-state index in [9.17, 15) is 4.79 Å². The molecule has 0 radical (unpaired) electrons. The van der Waals surface area contributed by atoms with Crippen LogP contribution in [0.25, 0.3) is 6.08 Å². The second kappa shape index (κ2) is 6.10. The first-order valence-electron chi connectivity index (χ1n) is 6.04. The number of benzene rings is 1. The van der Waals surface area contributed by atoms with Crippen LogP contribution in [0.5, 0.6) is 11.5 Å². The molecule has 0 unspecified atom stereocenters. The quantitative estimate of drug-likeness (QED) is 0.786. The van der Waals surface area contributed by atoms with Crippen LogP contribution in [0.3, 0.4) is 0 Å². The van der Waals surface area contributed by atoms with E-state index in [0.717, 1.165) is 36.3 Å². The van der Waals surface area contributed by atoms with E-state index in [4.69, 9.17) is 14.6 Å². The fourth-order valence-corrected chi connectivity index (χ4v) is 1.77. The van der Waals surface area contributed by atoms with Crippen molar-refractivity contribution in [2.24, 2.45) is 0 Å². The van der Waals surface area contributed by atoms with E-state index in [1.807, 2.05) is 24.3 Å². The number of carboxylic acid groups (broad SMARTS) is 1. The average Bonchev–Trinajstić information content (AvgIpc) is 2.80. The molecule has 0 bridgehead atoms. The Balaban J connectivity index is 1.77. The minimum atomic E-state index is -0.727. The summed E-state index contributed by atoms with van der Waals surface area (Å²) in [4.78, 5) is 10.3. The van der Waals surface area contributed by atoms with Crippen molar-refractivity contribution < 1.29 is 19.4 Å². The Morgan fingerprint density at radius 3 is 2.94 bits per heavy atom. The molecule has 2 rings (SSSR count). The number of carboxylic acids is 1. The first-order chi connectivity index (χ1) is 8.75. The number of unbranched alkanes of at least 4 members (excludes halogenated alkanes) is 2. The van der Waals surface area contributed by atoms with Gasteiger partial charge in [0.2, 0.25) is 6.79 Å². The lowest BCUT2D eigenvalue weighted by Crippen LogP contribution is -1.92. The molecule has 0 fully saturated rings. The number of ether oxygens (including phenoxy) is 2. The highest BCUT2D eigenvalue weighted by atomic mass is 16.7. The lowest BCUT2D eigenvalue weighted by atomic mass is 10.1. The summed E-state index contributed by atoms with van der Waals surface area (Å²) < 4.78 is 10.5. The van der Waals surface area contributed by atoms with Gasteiger partial charge in [0, 0.05) is 6.42 Å². The maximum absolute atomic E-state index is 10.3. The van der Waals surface area contributed by atoms with Crippen LogP contribution in [0.2, 0.25) is 0 Å². The van der Waals surface area contributed by atoms with Crippen molar-refractivity contribution >= 4 is 12.0 Å². The molecule has 1 N–H and O–H groups in total. The first kappa shape index (κ1) is 12.5. The van der Waals surface area contributed by atoms with Crippen molar-refractivity contribution in [2.45, 2.75) is 25.7 Å². The minimum Gasteiger partial charge on any atom is -0.481 e. The lowest BCUT2D eigenvalue weighted by Gasteiger charge is -1.98. The van der Waals surface area contributed by atoms with E-state index in [1.165, 1.54) is 0 Å². The molecule has 96 valence electrons. The van der Waals surface area contributed by atoms with Gasteiger partial charge in [0.25, 0.3) is 0 Å². The third-order valence-corrected chi connectivity index (χ3v) is 2.72. The fraction of sp³-hybridized carbons (Fsp3) is 0.357. The van der Waals surface area contributed by atoms with Crippen LogP contribution in [0.15, 0.2) is 24.3 Å². The summed E-state index contributed by atoms with van der Waals surface area (Å²) in [5.74, 6) is 0.839. The number of allylic oxidation sites excluding steroid dienone is 1. The molecule has 18 heavy (non-hydrogen) atoms. The molecule has 0 saturated heterocycles. The molecule has 0 spiro atoms. The average molecular weight is 248 g/mol. The molecular formula is C14H16O4. The van der Waals surface area contributed by atoms with Crippen molar-refractivity contribution in [3.63, 3.8) is 0 Å². The molecule has 4 nitrogen and oxygen atoms in total. The highest BCUT2D eigenvalue weighted by Gasteiger charge is 2.11. The van der Waals surface area contributed by atoms with Crippen LogP contribution in [0.4, 0.5) is 0 Å². The predicted octanol–water partition coefficient (Wildman–Crippen LogP) is 3.07. The molecule has 1 aliphatic rings. The highest BCUT2D eigenvalue weighted by Crippen LogP contribution is 2.32. The molecular weight excluding hydrogens is 232 g/mol. The lowest BCUT2D eigenvalue weighted by molar-refractivity contribution is -0.137. The van der Waals surface area contributed by atoms with Gasteiger partial charge in [0.1, 0.15) is 0 Å². The zero-order valence-corrected chi connectivity index (χ0v) is 10.1. The molecule has 0 saturated carbocycles. The Labute approximate surface area is 106 Å². The van der Waals surface area contributed by atoms with Crippen LogP contribution in [-0.2, 0) is 4.79 Å². The smallest absolute Gasteiger partial charge is 0.303 e. The van der Waals surface area contributed by atoms with Gasteiger partial charge in [0.15, 0.2) is 11.5 Å². The Kier molecular flexibility index (Phi) is 4.23. The molecule has 0 aromatic heterocycles. The van der Waals surface area contributed by atoms with Gasteiger partial charge in [-0.15, -0.1) is 0 Å². The summed E-state index contributed by atoms with van der Waals surface area (Å²) in [7, 11) is 0. The molecule has 1 heterocycles. The van der Waals surface area contributed by atoms with Gasteiger partial charge in [-0.05, 0) is 37.0 Å². The van der Waals surface area contributed by atoms with Gasteiger partial charge in [0.05, 0.1) is 0 Å². The predicted molar refractivity (Wildman–Crippen MR) is 67.7 cm³/mol. The van der Waals surface area contributed by atoms with Crippen LogP contribution in [-0.4, -0.2) is 17.9 Å². The normalized spacial score (nSPS) is 13.1. The number of hydrogen-bond acceptors (Lipinski definition) is 3. The Hall–Kier alpha value is -1.97. The van der Waals surface area contributed by atoms with Gasteiger partial charge >= 0.3 is 5.97 Å². The number of fused-ring (bicyclic) bond motifs is 1. The van der Waals surface area contributed by atoms with Gasteiger partial charge in [-0.1, -0.05) is 18.2 Å². The number of rotatable bonds is 6. The van der Waals surface area contributed by atoms with Crippen molar-refractivity contribution in [2.75, 3.05) is 6.79 Å². The zero-order chi connectivity index (χ0) is 12.8. The van der Waals surface area contributed by atoms with E-state index in [2.05, 4.69) is 6.08 Å². The Morgan fingerprint density at radius 1 is 1.28 bits per heavy atom. The first-order valence-corrected chi connectivity index (χ1v) is 6.04. The molecule has 0 atom stereocenters. The number of hydrogen-bond donors (Lipinski definition) is 1. The van der Waals surface area contributed by atoms with Crippen LogP contribution in [0, 0.1) is 0 Å². The van der Waals surface area contributed by atoms with Gasteiger partial charge in [-0.25, -0.2) is 0 Å². The van der Waals surface area contributed by atoms with Gasteiger partial charge in [-0.3, -0.25) is 4.79 Å². The second-order valence-electron chi connectivity index (χ2n) is 4.15. The van der Waals surface area contributed by atoms with Crippen molar-refractivity contribution in [3.8, 4) is 11.5 Å². The standard InChI is InChI=1S/C14H16O4/c15-14(16)6-4-2-1-3-5-11-7-8-12-13(9-11)18-10-17-12/h3,5,7-9H,1-2,4,6,10H2,(H,15,16)/b5-3+.